The van der Waals surface area contributed by atoms with Gasteiger partial charge in [0.1, 0.15) is 6.10 Å². The first kappa shape index (κ1) is 15.0. The van der Waals surface area contributed by atoms with Crippen LogP contribution in [0.4, 0.5) is 24.5 Å². The van der Waals surface area contributed by atoms with E-state index in [9.17, 15) is 18.0 Å². The number of carbonyl (C=O) groups is 1. The second-order valence-corrected chi connectivity index (χ2v) is 5.59. The molecule has 0 aliphatic carbocycles. The Morgan fingerprint density at radius 2 is 2.18 bits per heavy atom. The van der Waals surface area contributed by atoms with E-state index in [0.29, 0.717) is 19.4 Å². The lowest BCUT2D eigenvalue weighted by Gasteiger charge is -2.35. The van der Waals surface area contributed by atoms with E-state index in [0.717, 1.165) is 30.9 Å². The molecule has 120 valence electrons. The summed E-state index contributed by atoms with van der Waals surface area (Å²) in [5.41, 5.74) is 3.28. The zero-order valence-electron chi connectivity index (χ0n) is 11.9. The monoisotopic (exact) mass is 314 g/mol. The van der Waals surface area contributed by atoms with Crippen LogP contribution in [-0.4, -0.2) is 37.9 Å². The van der Waals surface area contributed by atoms with Gasteiger partial charge >= 0.3 is 12.1 Å². The minimum atomic E-state index is -4.93. The summed E-state index contributed by atoms with van der Waals surface area (Å²) in [5, 5.41) is 3.28. The number of esters is 1. The van der Waals surface area contributed by atoms with Gasteiger partial charge in [-0.2, -0.15) is 13.2 Å². The summed E-state index contributed by atoms with van der Waals surface area (Å²) in [4.78, 5) is 13.0. The van der Waals surface area contributed by atoms with E-state index in [2.05, 4.69) is 10.1 Å². The topological polar surface area (TPSA) is 41.6 Å². The average molecular weight is 314 g/mol. The van der Waals surface area contributed by atoms with Crippen LogP contribution in [0.25, 0.3) is 0 Å². The molecule has 0 spiro atoms. The normalized spacial score (nSPS) is 21.2. The summed E-state index contributed by atoms with van der Waals surface area (Å²) in [6.45, 7) is 1.93. The first-order valence-corrected chi connectivity index (χ1v) is 7.33. The molecular formula is C15H17F3N2O2. The van der Waals surface area contributed by atoms with Crippen molar-refractivity contribution in [2.24, 2.45) is 0 Å². The number of hydrogen-bond acceptors (Lipinski definition) is 4. The number of benzene rings is 1. The highest BCUT2D eigenvalue weighted by Crippen LogP contribution is 2.33. The van der Waals surface area contributed by atoms with Crippen LogP contribution >= 0.6 is 0 Å². The average Bonchev–Trinajstić information content (AvgIpc) is 2.94. The molecule has 1 aromatic carbocycles. The molecule has 0 amide bonds. The molecule has 1 fully saturated rings. The zero-order chi connectivity index (χ0) is 15.7. The Kier molecular flexibility index (Phi) is 3.88. The van der Waals surface area contributed by atoms with Crippen LogP contribution in [0.5, 0.6) is 0 Å². The highest BCUT2D eigenvalue weighted by Gasteiger charge is 2.42. The number of halogens is 3. The van der Waals surface area contributed by atoms with Crippen molar-refractivity contribution < 1.29 is 22.7 Å². The third-order valence-corrected chi connectivity index (χ3v) is 4.07. The van der Waals surface area contributed by atoms with E-state index in [1.54, 1.807) is 0 Å². The van der Waals surface area contributed by atoms with Gasteiger partial charge in [-0.15, -0.1) is 0 Å². The van der Waals surface area contributed by atoms with E-state index < -0.39 is 18.2 Å². The van der Waals surface area contributed by atoms with Crippen molar-refractivity contribution in [3.05, 3.63) is 23.8 Å². The van der Waals surface area contributed by atoms with Crippen LogP contribution in [0.1, 0.15) is 18.4 Å². The Hall–Kier alpha value is -1.92. The molecule has 2 heterocycles. The largest absolute Gasteiger partial charge is 0.490 e. The Bertz CT molecular complexity index is 574. The maximum absolute atomic E-state index is 12.3. The SMILES string of the molecule is O=C(OC1CCCN(c2cccc3c2CCN3)C1)C(F)(F)F. The summed E-state index contributed by atoms with van der Waals surface area (Å²) in [6.07, 6.45) is -3.58. The summed E-state index contributed by atoms with van der Waals surface area (Å²) in [6, 6.07) is 5.90. The molecule has 2 aliphatic heterocycles. The molecule has 1 N–H and O–H groups in total. The van der Waals surface area contributed by atoms with Gasteiger partial charge in [-0.1, -0.05) is 6.07 Å². The van der Waals surface area contributed by atoms with E-state index in [-0.39, 0.29) is 0 Å². The van der Waals surface area contributed by atoms with Crippen LogP contribution in [0, 0.1) is 0 Å². The zero-order valence-corrected chi connectivity index (χ0v) is 11.9. The number of alkyl halides is 3. The number of piperidine rings is 1. The number of fused-ring (bicyclic) bond motifs is 1. The summed E-state index contributed by atoms with van der Waals surface area (Å²) in [7, 11) is 0. The minimum absolute atomic E-state index is 0.304. The molecular weight excluding hydrogens is 297 g/mol. The van der Waals surface area contributed by atoms with E-state index in [1.165, 1.54) is 5.56 Å². The van der Waals surface area contributed by atoms with Crippen LogP contribution in [0.15, 0.2) is 18.2 Å². The quantitative estimate of drug-likeness (QED) is 0.852. The molecule has 0 aromatic heterocycles. The van der Waals surface area contributed by atoms with Crippen molar-refractivity contribution in [3.8, 4) is 0 Å². The lowest BCUT2D eigenvalue weighted by molar-refractivity contribution is -0.205. The fraction of sp³-hybridized carbons (Fsp3) is 0.533. The predicted octanol–water partition coefficient (Wildman–Crippen LogP) is 2.73. The number of carbonyl (C=O) groups excluding carboxylic acids is 1. The standard InChI is InChI=1S/C15H17F3N2O2/c16-15(17,18)14(21)22-10-3-2-8-20(9-10)13-5-1-4-12-11(13)6-7-19-12/h1,4-5,10,19H,2-3,6-9H2. The molecule has 22 heavy (non-hydrogen) atoms. The molecule has 1 aromatic rings. The number of hydrogen-bond donors (Lipinski definition) is 1. The third-order valence-electron chi connectivity index (χ3n) is 4.07. The Morgan fingerprint density at radius 3 is 2.95 bits per heavy atom. The number of nitrogens with zero attached hydrogens (tertiary/aromatic N) is 1. The maximum Gasteiger partial charge on any atom is 0.490 e. The van der Waals surface area contributed by atoms with E-state index in [4.69, 9.17) is 0 Å². The van der Waals surface area contributed by atoms with Crippen molar-refractivity contribution in [2.75, 3.05) is 29.9 Å². The highest BCUT2D eigenvalue weighted by atomic mass is 19.4. The van der Waals surface area contributed by atoms with Crippen LogP contribution < -0.4 is 10.2 Å². The summed E-state index contributed by atoms with van der Waals surface area (Å²) >= 11 is 0. The fourth-order valence-corrected chi connectivity index (χ4v) is 3.09. The molecule has 0 radical (unpaired) electrons. The lowest BCUT2D eigenvalue weighted by atomic mass is 10.0. The maximum atomic E-state index is 12.3. The van der Waals surface area contributed by atoms with Crippen molar-refractivity contribution >= 4 is 17.3 Å². The van der Waals surface area contributed by atoms with Gasteiger partial charge in [0, 0.05) is 30.0 Å². The number of anilines is 2. The van der Waals surface area contributed by atoms with Crippen LogP contribution in [0.3, 0.4) is 0 Å². The van der Waals surface area contributed by atoms with Gasteiger partial charge in [0.25, 0.3) is 0 Å². The van der Waals surface area contributed by atoms with Crippen molar-refractivity contribution in [3.63, 3.8) is 0 Å². The van der Waals surface area contributed by atoms with Gasteiger partial charge in [-0.25, -0.2) is 4.79 Å². The van der Waals surface area contributed by atoms with Gasteiger partial charge in [0.05, 0.1) is 6.54 Å². The van der Waals surface area contributed by atoms with Gasteiger partial charge in [0.15, 0.2) is 0 Å². The number of rotatable bonds is 2. The Balaban J connectivity index is 1.71. The van der Waals surface area contributed by atoms with Crippen molar-refractivity contribution in [2.45, 2.75) is 31.5 Å². The molecule has 1 saturated heterocycles. The first-order valence-electron chi connectivity index (χ1n) is 7.33. The fourth-order valence-electron chi connectivity index (χ4n) is 3.09. The Labute approximate surface area is 126 Å². The molecule has 4 nitrogen and oxygen atoms in total. The molecule has 0 saturated carbocycles. The van der Waals surface area contributed by atoms with Gasteiger partial charge < -0.3 is 15.0 Å². The number of ether oxygens (including phenoxy) is 1. The predicted molar refractivity (Wildman–Crippen MR) is 76.0 cm³/mol. The smallest absolute Gasteiger partial charge is 0.454 e. The number of nitrogens with one attached hydrogen (secondary N) is 1. The first-order chi connectivity index (χ1) is 10.4. The van der Waals surface area contributed by atoms with Gasteiger partial charge in [-0.3, -0.25) is 0 Å². The third kappa shape index (κ3) is 2.98. The molecule has 3 rings (SSSR count). The summed E-state index contributed by atoms with van der Waals surface area (Å²) < 4.78 is 41.5. The van der Waals surface area contributed by atoms with Gasteiger partial charge in [0.2, 0.25) is 0 Å². The van der Waals surface area contributed by atoms with Crippen LogP contribution in [0.2, 0.25) is 0 Å². The summed E-state index contributed by atoms with van der Waals surface area (Å²) in [5.74, 6) is -2.10. The lowest BCUT2D eigenvalue weighted by Crippen LogP contribution is -2.43. The second kappa shape index (κ2) is 5.70. The van der Waals surface area contributed by atoms with Gasteiger partial charge in [-0.05, 0) is 31.4 Å². The van der Waals surface area contributed by atoms with Crippen LogP contribution in [-0.2, 0) is 16.0 Å². The molecule has 7 heteroatoms. The molecule has 2 aliphatic rings. The molecule has 0 bridgehead atoms. The minimum Gasteiger partial charge on any atom is -0.454 e. The molecule has 1 atom stereocenters. The Morgan fingerprint density at radius 1 is 1.36 bits per heavy atom. The van der Waals surface area contributed by atoms with Crippen molar-refractivity contribution in [1.82, 2.24) is 0 Å². The van der Waals surface area contributed by atoms with E-state index in [1.807, 2.05) is 23.1 Å². The van der Waals surface area contributed by atoms with E-state index >= 15 is 0 Å². The molecule has 1 unspecified atom stereocenters. The van der Waals surface area contributed by atoms with Crippen molar-refractivity contribution in [1.29, 1.82) is 0 Å². The second-order valence-electron chi connectivity index (χ2n) is 5.59. The highest BCUT2D eigenvalue weighted by molar-refractivity contribution is 5.76.